The van der Waals surface area contributed by atoms with Gasteiger partial charge in [0.15, 0.2) is 0 Å². The van der Waals surface area contributed by atoms with E-state index in [0.29, 0.717) is 11.8 Å². The van der Waals surface area contributed by atoms with Crippen molar-refractivity contribution >= 4 is 15.9 Å². The average Bonchev–Trinajstić information content (AvgIpc) is 2.09. The van der Waals surface area contributed by atoms with Gasteiger partial charge in [-0.3, -0.25) is 0 Å². The zero-order valence-electron chi connectivity index (χ0n) is 7.15. The summed E-state index contributed by atoms with van der Waals surface area (Å²) < 4.78 is 26.0. The van der Waals surface area contributed by atoms with Crippen LogP contribution >= 0.6 is 15.9 Å². The van der Waals surface area contributed by atoms with Crippen molar-refractivity contribution in [3.05, 3.63) is 29.3 Å². The van der Waals surface area contributed by atoms with E-state index >= 15 is 0 Å². The summed E-state index contributed by atoms with van der Waals surface area (Å²) >= 11 is 3.14. The van der Waals surface area contributed by atoms with E-state index in [1.54, 1.807) is 0 Å². The topological polar surface area (TPSA) is 20.2 Å². The molecule has 0 heterocycles. The van der Waals surface area contributed by atoms with E-state index < -0.39 is 17.4 Å². The number of phenolic OH excluding ortho intramolecular Hbond substituents is 1. The van der Waals surface area contributed by atoms with E-state index in [9.17, 15) is 8.78 Å². The highest BCUT2D eigenvalue weighted by Gasteiger charge is 2.07. The van der Waals surface area contributed by atoms with Crippen LogP contribution in [-0.2, 0) is 0 Å². The standard InChI is InChI=1S/C10H7BrF2O/c11-4-2-1-3-8-9(12)5-7(14)6-10(8)13/h5-6,14H,2,4H2. The highest BCUT2D eigenvalue weighted by atomic mass is 79.9. The van der Waals surface area contributed by atoms with Crippen LogP contribution < -0.4 is 0 Å². The van der Waals surface area contributed by atoms with Crippen LogP contribution in [0.3, 0.4) is 0 Å². The van der Waals surface area contributed by atoms with Gasteiger partial charge in [-0.15, -0.1) is 0 Å². The van der Waals surface area contributed by atoms with Gasteiger partial charge >= 0.3 is 0 Å². The number of benzene rings is 1. The first-order valence-electron chi connectivity index (χ1n) is 3.88. The molecule has 0 unspecified atom stereocenters. The first-order chi connectivity index (χ1) is 6.65. The molecule has 74 valence electrons. The molecule has 0 bridgehead atoms. The SMILES string of the molecule is Oc1cc(F)c(C#CCCBr)c(F)c1. The molecule has 0 aliphatic heterocycles. The highest BCUT2D eigenvalue weighted by Crippen LogP contribution is 2.18. The number of hydrogen-bond donors (Lipinski definition) is 1. The Morgan fingerprint density at radius 2 is 1.86 bits per heavy atom. The minimum absolute atomic E-state index is 0.302. The summed E-state index contributed by atoms with van der Waals surface area (Å²) in [5.41, 5.74) is -0.302. The van der Waals surface area contributed by atoms with Crippen LogP contribution in [0, 0.1) is 23.5 Å². The summed E-state index contributed by atoms with van der Waals surface area (Å²) in [5, 5.41) is 9.51. The molecule has 4 heteroatoms. The van der Waals surface area contributed by atoms with Gasteiger partial charge in [0.25, 0.3) is 0 Å². The second kappa shape index (κ2) is 4.97. The molecule has 0 saturated heterocycles. The van der Waals surface area contributed by atoms with E-state index in [1.165, 1.54) is 0 Å². The lowest BCUT2D eigenvalue weighted by molar-refractivity contribution is 0.459. The highest BCUT2D eigenvalue weighted by molar-refractivity contribution is 9.09. The molecule has 1 aromatic rings. The van der Waals surface area contributed by atoms with Crippen LogP contribution in [0.4, 0.5) is 8.78 Å². The Bertz CT molecular complexity index is 370. The number of rotatable bonds is 1. The van der Waals surface area contributed by atoms with E-state index in [-0.39, 0.29) is 5.56 Å². The summed E-state index contributed by atoms with van der Waals surface area (Å²) in [7, 11) is 0. The van der Waals surface area contributed by atoms with Gasteiger partial charge in [-0.1, -0.05) is 27.8 Å². The van der Waals surface area contributed by atoms with E-state index in [4.69, 9.17) is 5.11 Å². The Morgan fingerprint density at radius 1 is 1.29 bits per heavy atom. The first-order valence-corrected chi connectivity index (χ1v) is 5.00. The quantitative estimate of drug-likeness (QED) is 0.608. The molecule has 0 saturated carbocycles. The molecule has 0 spiro atoms. The molecule has 0 amide bonds. The maximum atomic E-state index is 13.0. The van der Waals surface area contributed by atoms with Crippen LogP contribution in [0.2, 0.25) is 0 Å². The third-order valence-corrected chi connectivity index (χ3v) is 1.86. The number of alkyl halides is 1. The number of hydrogen-bond acceptors (Lipinski definition) is 1. The van der Waals surface area contributed by atoms with Crippen LogP contribution in [0.15, 0.2) is 12.1 Å². The minimum atomic E-state index is -0.843. The summed E-state index contributed by atoms with van der Waals surface area (Å²) in [6, 6.07) is 1.67. The fraction of sp³-hybridized carbons (Fsp3) is 0.200. The first kappa shape index (κ1) is 11.0. The van der Waals surface area contributed by atoms with Gasteiger partial charge in [0.2, 0.25) is 0 Å². The van der Waals surface area contributed by atoms with Gasteiger partial charge in [-0.25, -0.2) is 8.78 Å². The lowest BCUT2D eigenvalue weighted by atomic mass is 10.2. The average molecular weight is 261 g/mol. The molecule has 14 heavy (non-hydrogen) atoms. The number of phenols is 1. The fourth-order valence-electron chi connectivity index (χ4n) is 0.877. The molecule has 0 atom stereocenters. The normalized spacial score (nSPS) is 9.36. The van der Waals surface area contributed by atoms with Crippen molar-refractivity contribution in [3.8, 4) is 17.6 Å². The van der Waals surface area contributed by atoms with Gasteiger partial charge < -0.3 is 5.11 Å². The Kier molecular flexibility index (Phi) is 3.90. The predicted octanol–water partition coefficient (Wildman–Crippen LogP) is 2.81. The van der Waals surface area contributed by atoms with Gasteiger partial charge in [-0.2, -0.15) is 0 Å². The van der Waals surface area contributed by atoms with Crippen molar-refractivity contribution in [1.29, 1.82) is 0 Å². The van der Waals surface area contributed by atoms with Gasteiger partial charge in [0.05, 0.1) is 5.56 Å². The second-order valence-corrected chi connectivity index (χ2v) is 3.32. The number of halogens is 3. The van der Waals surface area contributed by atoms with Gasteiger partial charge in [0.1, 0.15) is 17.4 Å². The smallest absolute Gasteiger partial charge is 0.145 e. The van der Waals surface area contributed by atoms with Crippen molar-refractivity contribution in [2.75, 3.05) is 5.33 Å². The lowest BCUT2D eigenvalue weighted by Gasteiger charge is -1.97. The molecule has 1 rings (SSSR count). The molecule has 0 fully saturated rings. The van der Waals surface area contributed by atoms with Crippen molar-refractivity contribution in [3.63, 3.8) is 0 Å². The largest absolute Gasteiger partial charge is 0.508 e. The molecule has 0 aliphatic rings. The van der Waals surface area contributed by atoms with Crippen molar-refractivity contribution in [2.24, 2.45) is 0 Å². The molecule has 1 aromatic carbocycles. The molecule has 1 N–H and O–H groups in total. The Balaban J connectivity index is 3.04. The summed E-state index contributed by atoms with van der Waals surface area (Å²) in [5.74, 6) is 2.84. The molecular weight excluding hydrogens is 254 g/mol. The summed E-state index contributed by atoms with van der Waals surface area (Å²) in [6.07, 6.45) is 0.514. The van der Waals surface area contributed by atoms with Crippen molar-refractivity contribution in [1.82, 2.24) is 0 Å². The maximum absolute atomic E-state index is 13.0. The maximum Gasteiger partial charge on any atom is 0.145 e. The zero-order valence-corrected chi connectivity index (χ0v) is 8.74. The van der Waals surface area contributed by atoms with E-state index in [2.05, 4.69) is 27.8 Å². The monoisotopic (exact) mass is 260 g/mol. The van der Waals surface area contributed by atoms with Crippen LogP contribution in [0.25, 0.3) is 0 Å². The van der Waals surface area contributed by atoms with E-state index in [1.807, 2.05) is 0 Å². The molecular formula is C10H7BrF2O. The van der Waals surface area contributed by atoms with Crippen LogP contribution in [0.5, 0.6) is 5.75 Å². The fourth-order valence-corrected chi connectivity index (χ4v) is 1.08. The Hall–Kier alpha value is -1.08. The predicted molar refractivity (Wildman–Crippen MR) is 53.3 cm³/mol. The number of aromatic hydroxyl groups is 1. The van der Waals surface area contributed by atoms with Gasteiger partial charge in [-0.05, 0) is 0 Å². The van der Waals surface area contributed by atoms with Crippen LogP contribution in [-0.4, -0.2) is 10.4 Å². The summed E-state index contributed by atoms with van der Waals surface area (Å²) in [6.45, 7) is 0. The Labute approximate surface area is 88.9 Å². The third kappa shape index (κ3) is 2.71. The molecule has 0 radical (unpaired) electrons. The third-order valence-electron chi connectivity index (χ3n) is 1.46. The second-order valence-electron chi connectivity index (χ2n) is 2.53. The molecule has 0 aliphatic carbocycles. The Morgan fingerprint density at radius 3 is 2.36 bits per heavy atom. The summed E-state index contributed by atoms with van der Waals surface area (Å²) in [4.78, 5) is 0. The lowest BCUT2D eigenvalue weighted by Crippen LogP contribution is -1.89. The minimum Gasteiger partial charge on any atom is -0.508 e. The van der Waals surface area contributed by atoms with Crippen molar-refractivity contribution < 1.29 is 13.9 Å². The molecule has 0 aromatic heterocycles. The molecule has 1 nitrogen and oxygen atoms in total. The van der Waals surface area contributed by atoms with E-state index in [0.717, 1.165) is 12.1 Å². The van der Waals surface area contributed by atoms with Crippen LogP contribution in [0.1, 0.15) is 12.0 Å². The van der Waals surface area contributed by atoms with Gasteiger partial charge in [0, 0.05) is 23.9 Å². The zero-order chi connectivity index (χ0) is 10.6. The van der Waals surface area contributed by atoms with Crippen molar-refractivity contribution in [2.45, 2.75) is 6.42 Å².